The first-order valence-electron chi connectivity index (χ1n) is 4.03. The van der Waals surface area contributed by atoms with Crippen molar-refractivity contribution >= 4 is 22.5 Å². The minimum Gasteiger partial charge on any atom is -0.497 e. The highest BCUT2D eigenvalue weighted by molar-refractivity contribution is 6.35. The van der Waals surface area contributed by atoms with Crippen molar-refractivity contribution < 1.29 is 4.74 Å². The van der Waals surface area contributed by atoms with E-state index in [1.807, 2.05) is 19.2 Å². The summed E-state index contributed by atoms with van der Waals surface area (Å²) in [4.78, 5) is 3.12. The Kier molecular flexibility index (Phi) is 1.93. The Morgan fingerprint density at radius 2 is 2.15 bits per heavy atom. The number of benzene rings is 1. The summed E-state index contributed by atoms with van der Waals surface area (Å²) >= 11 is 6.04. The first kappa shape index (κ1) is 8.45. The summed E-state index contributed by atoms with van der Waals surface area (Å²) in [6.45, 7) is 2.04. The van der Waals surface area contributed by atoms with Crippen LogP contribution in [0.25, 0.3) is 10.9 Å². The smallest absolute Gasteiger partial charge is 0.121 e. The standard InChI is InChI=1S/C10H10ClNO/c1-6-5-12-10-8(6)3-7(13-2)4-9(10)11/h3-5,12H,1-2H3. The molecule has 13 heavy (non-hydrogen) atoms. The van der Waals surface area contributed by atoms with E-state index in [4.69, 9.17) is 16.3 Å². The maximum absolute atomic E-state index is 6.04. The van der Waals surface area contributed by atoms with Crippen LogP contribution in [-0.4, -0.2) is 12.1 Å². The minimum absolute atomic E-state index is 0.697. The molecular weight excluding hydrogens is 186 g/mol. The van der Waals surface area contributed by atoms with Crippen molar-refractivity contribution in [1.29, 1.82) is 0 Å². The van der Waals surface area contributed by atoms with E-state index < -0.39 is 0 Å². The molecule has 0 saturated heterocycles. The van der Waals surface area contributed by atoms with E-state index in [2.05, 4.69) is 4.98 Å². The quantitative estimate of drug-likeness (QED) is 0.743. The van der Waals surface area contributed by atoms with Gasteiger partial charge in [-0.25, -0.2) is 0 Å². The van der Waals surface area contributed by atoms with Crippen LogP contribution in [-0.2, 0) is 0 Å². The molecule has 1 N–H and O–H groups in total. The number of rotatable bonds is 1. The van der Waals surface area contributed by atoms with Crippen LogP contribution in [0.15, 0.2) is 18.3 Å². The van der Waals surface area contributed by atoms with Gasteiger partial charge in [-0.05, 0) is 18.6 Å². The molecule has 68 valence electrons. The number of aromatic amines is 1. The van der Waals surface area contributed by atoms with Crippen molar-refractivity contribution in [2.24, 2.45) is 0 Å². The van der Waals surface area contributed by atoms with Crippen LogP contribution >= 0.6 is 11.6 Å². The predicted octanol–water partition coefficient (Wildman–Crippen LogP) is 3.14. The summed E-state index contributed by atoms with van der Waals surface area (Å²) in [6, 6.07) is 3.78. The summed E-state index contributed by atoms with van der Waals surface area (Å²) in [5.41, 5.74) is 2.15. The van der Waals surface area contributed by atoms with Gasteiger partial charge in [-0.3, -0.25) is 0 Å². The van der Waals surface area contributed by atoms with Crippen LogP contribution in [0.2, 0.25) is 5.02 Å². The van der Waals surface area contributed by atoms with Gasteiger partial charge in [0.25, 0.3) is 0 Å². The second-order valence-corrected chi connectivity index (χ2v) is 3.41. The molecule has 0 fully saturated rings. The van der Waals surface area contributed by atoms with Crippen molar-refractivity contribution in [3.8, 4) is 5.75 Å². The summed E-state index contributed by atoms with van der Waals surface area (Å²) < 4.78 is 5.13. The van der Waals surface area contributed by atoms with E-state index in [9.17, 15) is 0 Å². The Bertz CT molecular complexity index is 447. The number of H-pyrrole nitrogens is 1. The maximum Gasteiger partial charge on any atom is 0.121 e. The molecule has 2 rings (SSSR count). The van der Waals surface area contributed by atoms with Gasteiger partial charge in [0, 0.05) is 17.6 Å². The largest absolute Gasteiger partial charge is 0.497 e. The summed E-state index contributed by atoms with van der Waals surface area (Å²) in [7, 11) is 1.64. The second kappa shape index (κ2) is 2.96. The molecule has 0 unspecified atom stereocenters. The lowest BCUT2D eigenvalue weighted by Crippen LogP contribution is -1.82. The number of hydrogen-bond donors (Lipinski definition) is 1. The fourth-order valence-electron chi connectivity index (χ4n) is 1.42. The SMILES string of the molecule is COc1cc(Cl)c2[nH]cc(C)c2c1. The number of ether oxygens (including phenoxy) is 1. The number of hydrogen-bond acceptors (Lipinski definition) is 1. The Morgan fingerprint density at radius 1 is 1.38 bits per heavy atom. The van der Waals surface area contributed by atoms with E-state index in [0.717, 1.165) is 16.7 Å². The molecule has 0 radical (unpaired) electrons. The van der Waals surface area contributed by atoms with Crippen molar-refractivity contribution in [2.75, 3.05) is 7.11 Å². The highest BCUT2D eigenvalue weighted by Crippen LogP contribution is 2.29. The zero-order chi connectivity index (χ0) is 9.42. The Morgan fingerprint density at radius 3 is 2.85 bits per heavy atom. The lowest BCUT2D eigenvalue weighted by Gasteiger charge is -2.01. The van der Waals surface area contributed by atoms with Crippen LogP contribution < -0.4 is 4.74 Å². The highest BCUT2D eigenvalue weighted by Gasteiger charge is 2.05. The van der Waals surface area contributed by atoms with Crippen LogP contribution in [0.1, 0.15) is 5.56 Å². The molecule has 0 aliphatic heterocycles. The summed E-state index contributed by atoms with van der Waals surface area (Å²) in [6.07, 6.45) is 1.94. The topological polar surface area (TPSA) is 25.0 Å². The lowest BCUT2D eigenvalue weighted by molar-refractivity contribution is 0.415. The number of fused-ring (bicyclic) bond motifs is 1. The number of methoxy groups -OCH3 is 1. The first-order chi connectivity index (χ1) is 6.22. The normalized spacial score (nSPS) is 10.7. The van der Waals surface area contributed by atoms with Crippen molar-refractivity contribution in [2.45, 2.75) is 6.92 Å². The molecule has 0 saturated carbocycles. The molecular formula is C10H10ClNO. The monoisotopic (exact) mass is 195 g/mol. The molecule has 1 heterocycles. The fourth-order valence-corrected chi connectivity index (χ4v) is 1.68. The zero-order valence-corrected chi connectivity index (χ0v) is 8.27. The maximum atomic E-state index is 6.04. The Balaban J connectivity index is 2.80. The van der Waals surface area contributed by atoms with E-state index in [0.29, 0.717) is 5.02 Å². The molecule has 0 aliphatic carbocycles. The van der Waals surface area contributed by atoms with Gasteiger partial charge in [-0.2, -0.15) is 0 Å². The third-order valence-electron chi connectivity index (χ3n) is 2.16. The van der Waals surface area contributed by atoms with Crippen LogP contribution in [0.5, 0.6) is 5.75 Å². The average molecular weight is 196 g/mol. The number of halogens is 1. The van der Waals surface area contributed by atoms with E-state index in [1.165, 1.54) is 5.56 Å². The fraction of sp³-hybridized carbons (Fsp3) is 0.200. The van der Waals surface area contributed by atoms with Gasteiger partial charge in [-0.1, -0.05) is 11.6 Å². The Hall–Kier alpha value is -1.15. The zero-order valence-electron chi connectivity index (χ0n) is 7.52. The van der Waals surface area contributed by atoms with Crippen molar-refractivity contribution in [1.82, 2.24) is 4.98 Å². The molecule has 3 heteroatoms. The van der Waals surface area contributed by atoms with Crippen molar-refractivity contribution in [3.05, 3.63) is 28.9 Å². The van der Waals surface area contributed by atoms with Gasteiger partial charge in [0.05, 0.1) is 17.6 Å². The third-order valence-corrected chi connectivity index (χ3v) is 2.46. The number of aromatic nitrogens is 1. The Labute approximate surface area is 81.5 Å². The predicted molar refractivity (Wildman–Crippen MR) is 54.6 cm³/mol. The second-order valence-electron chi connectivity index (χ2n) is 3.00. The van der Waals surface area contributed by atoms with Gasteiger partial charge >= 0.3 is 0 Å². The highest BCUT2D eigenvalue weighted by atomic mass is 35.5. The molecule has 1 aromatic heterocycles. The third kappa shape index (κ3) is 1.27. The molecule has 2 nitrogen and oxygen atoms in total. The van der Waals surface area contributed by atoms with Crippen LogP contribution in [0, 0.1) is 6.92 Å². The first-order valence-corrected chi connectivity index (χ1v) is 4.41. The van der Waals surface area contributed by atoms with Gasteiger partial charge in [0.15, 0.2) is 0 Å². The lowest BCUT2D eigenvalue weighted by atomic mass is 10.2. The molecule has 0 aliphatic rings. The van der Waals surface area contributed by atoms with E-state index >= 15 is 0 Å². The van der Waals surface area contributed by atoms with Crippen LogP contribution in [0.4, 0.5) is 0 Å². The number of nitrogens with one attached hydrogen (secondary N) is 1. The average Bonchev–Trinajstić information content (AvgIpc) is 2.48. The van der Waals surface area contributed by atoms with Gasteiger partial charge < -0.3 is 9.72 Å². The van der Waals surface area contributed by atoms with Gasteiger partial charge in [0.1, 0.15) is 5.75 Å². The molecule has 0 amide bonds. The molecule has 0 atom stereocenters. The molecule has 1 aromatic carbocycles. The van der Waals surface area contributed by atoms with Crippen LogP contribution in [0.3, 0.4) is 0 Å². The number of aryl methyl sites for hydroxylation is 1. The molecule has 0 bridgehead atoms. The van der Waals surface area contributed by atoms with Gasteiger partial charge in [-0.15, -0.1) is 0 Å². The molecule has 2 aromatic rings. The minimum atomic E-state index is 0.697. The van der Waals surface area contributed by atoms with Gasteiger partial charge in [0.2, 0.25) is 0 Å². The summed E-state index contributed by atoms with van der Waals surface area (Å²) in [5.74, 6) is 0.792. The van der Waals surface area contributed by atoms with E-state index in [1.54, 1.807) is 13.2 Å². The summed E-state index contributed by atoms with van der Waals surface area (Å²) in [5, 5.41) is 1.81. The van der Waals surface area contributed by atoms with E-state index in [-0.39, 0.29) is 0 Å². The van der Waals surface area contributed by atoms with Crippen molar-refractivity contribution in [3.63, 3.8) is 0 Å². The molecule has 0 spiro atoms.